The predicted molar refractivity (Wildman–Crippen MR) is 183 cm³/mol. The van der Waals surface area contributed by atoms with Gasteiger partial charge in [-0.2, -0.15) is 0 Å². The molecule has 7 nitrogen and oxygen atoms in total. The molecule has 2 unspecified atom stereocenters. The summed E-state index contributed by atoms with van der Waals surface area (Å²) in [5.74, 6) is -2.28. The second kappa shape index (κ2) is 13.1. The third-order valence-corrected chi connectivity index (χ3v) is 12.0. The van der Waals surface area contributed by atoms with Crippen LogP contribution in [0.4, 0.5) is 5.69 Å². The molecule has 0 aromatic heterocycles. The van der Waals surface area contributed by atoms with Gasteiger partial charge in [-0.15, -0.1) is 24.9 Å². The molecule has 2 bridgehead atoms. The molecule has 3 aromatic rings. The number of amides is 2. The van der Waals surface area contributed by atoms with Gasteiger partial charge in [0, 0.05) is 17.0 Å². The highest BCUT2D eigenvalue weighted by molar-refractivity contribution is 8.02. The second-order valence-corrected chi connectivity index (χ2v) is 14.8. The van der Waals surface area contributed by atoms with E-state index in [1.54, 1.807) is 33.7 Å². The van der Waals surface area contributed by atoms with E-state index in [1.165, 1.54) is 0 Å². The standard InChI is InChI=1S/C38H42N2O5S/c1-4-6-12-22-45-36(44)32-31-34(42)40(30(25-41)23-26-13-8-7-9-14-26)33(38(31)20-19-37(32,3)46-38)35(43)39(21-5-2)29-18-17-27-15-10-11-16-28(27)24-29/h4-5,7-11,13-18,24,30-33,41H,1-2,6,12,19-23,25H2,3H3/t30-,31+,32-,33?,37+,38?/m1/s1. The van der Waals surface area contributed by atoms with Gasteiger partial charge in [-0.1, -0.05) is 72.8 Å². The molecule has 3 saturated heterocycles. The summed E-state index contributed by atoms with van der Waals surface area (Å²) < 4.78 is 4.40. The molecule has 2 amide bonds. The SMILES string of the molecule is C=CCCCOC(=O)[C@H]1[C@H]2C(=O)N([C@@H](CO)Cc3ccccc3)C(C(=O)N(CC=C)c3ccc4ccccc4c3)C23CC[C@]1(C)S3. The summed E-state index contributed by atoms with van der Waals surface area (Å²) in [6.07, 6.45) is 6.55. The molecular formula is C38H42N2O5S. The molecule has 0 aliphatic carbocycles. The molecule has 46 heavy (non-hydrogen) atoms. The molecule has 8 heteroatoms. The minimum absolute atomic E-state index is 0.228. The molecule has 1 spiro atoms. The highest BCUT2D eigenvalue weighted by Gasteiger charge is 2.78. The van der Waals surface area contributed by atoms with Crippen LogP contribution < -0.4 is 4.90 Å². The van der Waals surface area contributed by atoms with Crippen molar-refractivity contribution in [2.75, 3.05) is 24.7 Å². The fourth-order valence-corrected chi connectivity index (χ4v) is 10.3. The number of fused-ring (bicyclic) bond motifs is 2. The molecule has 3 aromatic carbocycles. The number of rotatable bonds is 13. The molecule has 6 rings (SSSR count). The van der Waals surface area contributed by atoms with E-state index in [0.29, 0.717) is 31.4 Å². The van der Waals surface area contributed by atoms with Crippen LogP contribution in [0.3, 0.4) is 0 Å². The fraction of sp³-hybridized carbons (Fsp3) is 0.395. The van der Waals surface area contributed by atoms with Crippen molar-refractivity contribution in [1.29, 1.82) is 0 Å². The smallest absolute Gasteiger partial charge is 0.311 e. The van der Waals surface area contributed by atoms with E-state index in [-0.39, 0.29) is 37.5 Å². The summed E-state index contributed by atoms with van der Waals surface area (Å²) in [4.78, 5) is 47.0. The van der Waals surface area contributed by atoms with E-state index in [2.05, 4.69) is 13.2 Å². The lowest BCUT2D eigenvalue weighted by molar-refractivity contribution is -0.156. The number of hydrogen-bond donors (Lipinski definition) is 1. The van der Waals surface area contributed by atoms with Gasteiger partial charge < -0.3 is 19.6 Å². The van der Waals surface area contributed by atoms with E-state index in [1.807, 2.05) is 79.7 Å². The highest BCUT2D eigenvalue weighted by atomic mass is 32.2. The quantitative estimate of drug-likeness (QED) is 0.141. The van der Waals surface area contributed by atoms with Gasteiger partial charge in [0.2, 0.25) is 5.91 Å². The van der Waals surface area contributed by atoms with Gasteiger partial charge in [-0.25, -0.2) is 0 Å². The third kappa shape index (κ3) is 5.45. The first-order valence-electron chi connectivity index (χ1n) is 16.1. The first-order valence-corrected chi connectivity index (χ1v) is 17.0. The molecule has 6 atom stereocenters. The summed E-state index contributed by atoms with van der Waals surface area (Å²) in [7, 11) is 0. The Labute approximate surface area is 275 Å². The molecule has 0 saturated carbocycles. The zero-order chi connectivity index (χ0) is 32.5. The number of carbonyl (C=O) groups is 3. The van der Waals surface area contributed by atoms with Crippen LogP contribution in [-0.2, 0) is 25.5 Å². The van der Waals surface area contributed by atoms with Crippen molar-refractivity contribution in [3.63, 3.8) is 0 Å². The lowest BCUT2D eigenvalue weighted by atomic mass is 9.66. The summed E-state index contributed by atoms with van der Waals surface area (Å²) in [5, 5.41) is 12.9. The van der Waals surface area contributed by atoms with Gasteiger partial charge in [-0.3, -0.25) is 14.4 Å². The van der Waals surface area contributed by atoms with Crippen molar-refractivity contribution in [3.8, 4) is 0 Å². The van der Waals surface area contributed by atoms with Crippen LogP contribution in [0, 0.1) is 11.8 Å². The number of allylic oxidation sites excluding steroid dienone is 1. The van der Waals surface area contributed by atoms with Crippen molar-refractivity contribution in [2.45, 2.75) is 60.6 Å². The monoisotopic (exact) mass is 638 g/mol. The summed E-state index contributed by atoms with van der Waals surface area (Å²) in [5.41, 5.74) is 1.66. The van der Waals surface area contributed by atoms with Gasteiger partial charge in [-0.05, 0) is 67.5 Å². The van der Waals surface area contributed by atoms with Gasteiger partial charge >= 0.3 is 5.97 Å². The molecule has 240 valence electrons. The molecule has 1 N–H and O–H groups in total. The van der Waals surface area contributed by atoms with Crippen LogP contribution in [0.2, 0.25) is 0 Å². The number of benzene rings is 3. The Morgan fingerprint density at radius 2 is 1.80 bits per heavy atom. The number of anilines is 1. The van der Waals surface area contributed by atoms with Crippen molar-refractivity contribution in [1.82, 2.24) is 4.90 Å². The zero-order valence-corrected chi connectivity index (χ0v) is 27.2. The van der Waals surface area contributed by atoms with E-state index in [0.717, 1.165) is 22.8 Å². The van der Waals surface area contributed by atoms with Crippen molar-refractivity contribution in [2.24, 2.45) is 11.8 Å². The number of ether oxygens (including phenoxy) is 1. The van der Waals surface area contributed by atoms with Gasteiger partial charge in [0.05, 0.1) is 35.8 Å². The van der Waals surface area contributed by atoms with E-state index in [9.17, 15) is 14.7 Å². The average molecular weight is 639 g/mol. The maximum atomic E-state index is 15.1. The first-order chi connectivity index (χ1) is 22.3. The zero-order valence-electron chi connectivity index (χ0n) is 26.3. The minimum atomic E-state index is -0.886. The maximum Gasteiger partial charge on any atom is 0.311 e. The van der Waals surface area contributed by atoms with Crippen LogP contribution in [-0.4, -0.2) is 69.1 Å². The molecule has 3 heterocycles. The average Bonchev–Trinajstić information content (AvgIpc) is 3.65. The number of carbonyl (C=O) groups excluding carboxylic acids is 3. The van der Waals surface area contributed by atoms with Crippen LogP contribution in [0.15, 0.2) is 98.1 Å². The van der Waals surface area contributed by atoms with Gasteiger partial charge in [0.1, 0.15) is 6.04 Å². The van der Waals surface area contributed by atoms with Crippen LogP contribution >= 0.6 is 11.8 Å². The lowest BCUT2D eigenvalue weighted by Crippen LogP contribution is -2.58. The molecule has 3 aliphatic rings. The Balaban J connectivity index is 1.43. The summed E-state index contributed by atoms with van der Waals surface area (Å²) in [6.45, 7) is 9.92. The number of unbranched alkanes of at least 4 members (excludes halogenated alkanes) is 1. The fourth-order valence-electron chi connectivity index (χ4n) is 7.97. The van der Waals surface area contributed by atoms with Crippen molar-refractivity contribution in [3.05, 3.63) is 104 Å². The summed E-state index contributed by atoms with van der Waals surface area (Å²) in [6, 6.07) is 22.1. The van der Waals surface area contributed by atoms with Crippen molar-refractivity contribution < 1.29 is 24.2 Å². The number of aliphatic hydroxyl groups is 1. The Morgan fingerprint density at radius 3 is 2.52 bits per heavy atom. The molecule has 3 fully saturated rings. The maximum absolute atomic E-state index is 15.1. The number of hydrogen-bond acceptors (Lipinski definition) is 6. The second-order valence-electron chi connectivity index (χ2n) is 12.9. The van der Waals surface area contributed by atoms with E-state index in [4.69, 9.17) is 4.74 Å². The van der Waals surface area contributed by atoms with Crippen LogP contribution in [0.5, 0.6) is 0 Å². The number of likely N-dealkylation sites (tertiary alicyclic amines) is 1. The Bertz CT molecular complexity index is 1640. The highest BCUT2D eigenvalue weighted by Crippen LogP contribution is 2.72. The largest absolute Gasteiger partial charge is 0.465 e. The Hall–Kier alpha value is -3.88. The van der Waals surface area contributed by atoms with Crippen LogP contribution in [0.25, 0.3) is 10.8 Å². The molecule has 0 radical (unpaired) electrons. The number of esters is 1. The van der Waals surface area contributed by atoms with E-state index >= 15 is 4.79 Å². The normalized spacial score (nSPS) is 27.0. The molecule has 3 aliphatic heterocycles. The Morgan fingerprint density at radius 1 is 1.07 bits per heavy atom. The Kier molecular flexibility index (Phi) is 9.12. The lowest BCUT2D eigenvalue weighted by Gasteiger charge is -2.39. The first kappa shape index (κ1) is 32.1. The predicted octanol–water partition coefficient (Wildman–Crippen LogP) is 5.95. The van der Waals surface area contributed by atoms with Crippen molar-refractivity contribution >= 4 is 46.0 Å². The molecular weight excluding hydrogens is 596 g/mol. The summed E-state index contributed by atoms with van der Waals surface area (Å²) >= 11 is 1.61. The van der Waals surface area contributed by atoms with Gasteiger partial charge in [0.25, 0.3) is 5.91 Å². The van der Waals surface area contributed by atoms with Gasteiger partial charge in [0.15, 0.2) is 0 Å². The third-order valence-electron chi connectivity index (χ3n) is 10.0. The van der Waals surface area contributed by atoms with Crippen LogP contribution in [0.1, 0.15) is 38.2 Å². The minimum Gasteiger partial charge on any atom is -0.465 e. The topological polar surface area (TPSA) is 87.1 Å². The number of nitrogens with zero attached hydrogens (tertiary/aromatic N) is 2. The number of thioether (sulfide) groups is 1. The number of aliphatic hydroxyl groups excluding tert-OH is 1. The van der Waals surface area contributed by atoms with E-state index < -0.39 is 33.4 Å².